The summed E-state index contributed by atoms with van der Waals surface area (Å²) in [5.41, 5.74) is 0. The molecule has 0 aliphatic carbocycles. The van der Waals surface area contributed by atoms with Crippen LogP contribution in [0, 0.1) is 0 Å². The lowest BCUT2D eigenvalue weighted by atomic mass is 10.1. The third-order valence-corrected chi connectivity index (χ3v) is 2.12. The minimum atomic E-state index is -0.716. The molecule has 0 fully saturated rings. The molecule has 6 heteroatoms. The molecule has 18 heavy (non-hydrogen) atoms. The van der Waals surface area contributed by atoms with Crippen LogP contribution in [0.3, 0.4) is 0 Å². The van der Waals surface area contributed by atoms with Crippen LogP contribution in [0.5, 0.6) is 0 Å². The Labute approximate surface area is 109 Å². The van der Waals surface area contributed by atoms with Gasteiger partial charge in [0, 0.05) is 26.6 Å². The van der Waals surface area contributed by atoms with E-state index in [0.29, 0.717) is 19.5 Å². The monoisotopic (exact) mass is 259 g/mol. The minimum absolute atomic E-state index is 0.0423. The molecule has 0 saturated carbocycles. The zero-order valence-corrected chi connectivity index (χ0v) is 11.9. The van der Waals surface area contributed by atoms with E-state index in [-0.39, 0.29) is 18.1 Å². The van der Waals surface area contributed by atoms with E-state index >= 15 is 0 Å². The van der Waals surface area contributed by atoms with Crippen molar-refractivity contribution in [3.8, 4) is 0 Å². The van der Waals surface area contributed by atoms with E-state index in [1.54, 1.807) is 7.05 Å². The summed E-state index contributed by atoms with van der Waals surface area (Å²) in [6, 6.07) is -0.716. The van der Waals surface area contributed by atoms with Gasteiger partial charge in [0.05, 0.1) is 0 Å². The van der Waals surface area contributed by atoms with Gasteiger partial charge in [-0.2, -0.15) is 0 Å². The maximum atomic E-state index is 11.7. The normalized spacial score (nSPS) is 10.7. The van der Waals surface area contributed by atoms with Crippen molar-refractivity contribution in [2.24, 2.45) is 0 Å². The number of ketones is 1. The summed E-state index contributed by atoms with van der Waals surface area (Å²) in [5, 5.41) is 5.53. The van der Waals surface area contributed by atoms with Crippen LogP contribution in [-0.2, 0) is 14.4 Å². The van der Waals surface area contributed by atoms with E-state index in [1.807, 2.05) is 13.8 Å². The Balaban J connectivity index is 0. The number of likely N-dealkylation sites (N-methyl/N-ethyl adjacent to an activating group) is 2. The van der Waals surface area contributed by atoms with Crippen molar-refractivity contribution in [2.45, 2.75) is 33.2 Å². The first-order chi connectivity index (χ1) is 8.52. The van der Waals surface area contributed by atoms with E-state index in [2.05, 4.69) is 10.6 Å². The summed E-state index contributed by atoms with van der Waals surface area (Å²) in [4.78, 5) is 34.4. The van der Waals surface area contributed by atoms with Crippen LogP contribution in [0.4, 0.5) is 0 Å². The number of amides is 2. The standard InChI is InChI=1S/C10H19N3O3.C2H6/c1-8(15)6-9(13(3)7-14)10(16)12-5-4-11-2;1-2/h7,9,11H,4-6H2,1-3H3,(H,12,16);1-2H3. The smallest absolute Gasteiger partial charge is 0.243 e. The number of carbonyl (C=O) groups is 3. The molecule has 1 unspecified atom stereocenters. The third kappa shape index (κ3) is 8.69. The van der Waals surface area contributed by atoms with Crippen molar-refractivity contribution in [2.75, 3.05) is 27.2 Å². The zero-order chi connectivity index (χ0) is 14.6. The van der Waals surface area contributed by atoms with Gasteiger partial charge in [-0.25, -0.2) is 0 Å². The Morgan fingerprint density at radius 2 is 1.83 bits per heavy atom. The molecule has 0 bridgehead atoms. The van der Waals surface area contributed by atoms with E-state index in [0.717, 1.165) is 0 Å². The van der Waals surface area contributed by atoms with Crippen LogP contribution in [0.1, 0.15) is 27.2 Å². The van der Waals surface area contributed by atoms with Gasteiger partial charge in [-0.3, -0.25) is 14.4 Å². The first-order valence-corrected chi connectivity index (χ1v) is 6.12. The Morgan fingerprint density at radius 3 is 2.22 bits per heavy atom. The van der Waals surface area contributed by atoms with Crippen molar-refractivity contribution in [3.05, 3.63) is 0 Å². The maximum absolute atomic E-state index is 11.7. The van der Waals surface area contributed by atoms with Crippen LogP contribution in [0.2, 0.25) is 0 Å². The van der Waals surface area contributed by atoms with Crippen LogP contribution in [0.15, 0.2) is 0 Å². The van der Waals surface area contributed by atoms with Gasteiger partial charge in [0.25, 0.3) is 0 Å². The molecule has 0 rings (SSSR count). The molecule has 0 aromatic carbocycles. The largest absolute Gasteiger partial charge is 0.353 e. The molecular formula is C12H25N3O3. The average Bonchev–Trinajstić information content (AvgIpc) is 2.37. The van der Waals surface area contributed by atoms with Crippen LogP contribution >= 0.6 is 0 Å². The van der Waals surface area contributed by atoms with Crippen molar-refractivity contribution in [1.29, 1.82) is 0 Å². The van der Waals surface area contributed by atoms with Gasteiger partial charge < -0.3 is 15.5 Å². The number of Topliss-reactive ketones (excluding diaryl/α,β-unsaturated/α-hetero) is 1. The van der Waals surface area contributed by atoms with Gasteiger partial charge in [0.15, 0.2) is 0 Å². The molecule has 0 aromatic heterocycles. The van der Waals surface area contributed by atoms with E-state index < -0.39 is 6.04 Å². The maximum Gasteiger partial charge on any atom is 0.243 e. The Morgan fingerprint density at radius 1 is 1.28 bits per heavy atom. The molecule has 2 N–H and O–H groups in total. The highest BCUT2D eigenvalue weighted by Gasteiger charge is 2.23. The van der Waals surface area contributed by atoms with E-state index in [1.165, 1.54) is 18.9 Å². The van der Waals surface area contributed by atoms with Gasteiger partial charge in [-0.05, 0) is 14.0 Å². The lowest BCUT2D eigenvalue weighted by Crippen LogP contribution is -2.46. The predicted octanol–water partition coefficient (Wildman–Crippen LogP) is -0.216. The molecule has 0 aliphatic rings. The summed E-state index contributed by atoms with van der Waals surface area (Å²) >= 11 is 0. The fraction of sp³-hybridized carbons (Fsp3) is 0.750. The molecule has 0 spiro atoms. The number of nitrogens with zero attached hydrogens (tertiary/aromatic N) is 1. The van der Waals surface area contributed by atoms with Gasteiger partial charge >= 0.3 is 0 Å². The summed E-state index contributed by atoms with van der Waals surface area (Å²) in [7, 11) is 3.26. The molecule has 0 aliphatic heterocycles. The lowest BCUT2D eigenvalue weighted by Gasteiger charge is -2.22. The minimum Gasteiger partial charge on any atom is -0.353 e. The predicted molar refractivity (Wildman–Crippen MR) is 71.2 cm³/mol. The summed E-state index contributed by atoms with van der Waals surface area (Å²) in [6.07, 6.45) is 0.589. The van der Waals surface area contributed by atoms with Gasteiger partial charge in [0.1, 0.15) is 11.8 Å². The molecule has 1 atom stereocenters. The third-order valence-electron chi connectivity index (χ3n) is 2.12. The number of carbonyl (C=O) groups excluding carboxylic acids is 3. The summed E-state index contributed by atoms with van der Waals surface area (Å²) < 4.78 is 0. The van der Waals surface area contributed by atoms with Crippen LogP contribution in [-0.4, -0.2) is 56.2 Å². The number of hydrogen-bond acceptors (Lipinski definition) is 4. The van der Waals surface area contributed by atoms with E-state index in [9.17, 15) is 14.4 Å². The topological polar surface area (TPSA) is 78.5 Å². The molecule has 2 amide bonds. The molecule has 0 aromatic rings. The Kier molecular flexibility index (Phi) is 12.7. The fourth-order valence-corrected chi connectivity index (χ4v) is 1.20. The Bertz CT molecular complexity index is 257. The second-order valence-corrected chi connectivity index (χ2v) is 3.59. The highest BCUT2D eigenvalue weighted by molar-refractivity contribution is 5.89. The van der Waals surface area contributed by atoms with Gasteiger partial charge in [-0.1, -0.05) is 13.8 Å². The first kappa shape index (κ1) is 18.9. The average molecular weight is 259 g/mol. The number of nitrogens with one attached hydrogen (secondary N) is 2. The number of hydrogen-bond donors (Lipinski definition) is 2. The second kappa shape index (κ2) is 12.0. The quantitative estimate of drug-likeness (QED) is 0.467. The van der Waals surface area contributed by atoms with Gasteiger partial charge in [0.2, 0.25) is 12.3 Å². The van der Waals surface area contributed by atoms with Crippen molar-refractivity contribution in [3.63, 3.8) is 0 Å². The second-order valence-electron chi connectivity index (χ2n) is 3.59. The van der Waals surface area contributed by atoms with Crippen molar-refractivity contribution in [1.82, 2.24) is 15.5 Å². The molecule has 0 radical (unpaired) electrons. The van der Waals surface area contributed by atoms with E-state index in [4.69, 9.17) is 0 Å². The Hall–Kier alpha value is -1.43. The SMILES string of the molecule is CC.CNCCNC(=O)C(CC(C)=O)N(C)C=O. The number of rotatable bonds is 8. The molecule has 0 saturated heterocycles. The molecule has 0 heterocycles. The molecular weight excluding hydrogens is 234 g/mol. The summed E-state index contributed by atoms with van der Waals surface area (Å²) in [6.45, 7) is 6.51. The lowest BCUT2D eigenvalue weighted by molar-refractivity contribution is -0.134. The zero-order valence-electron chi connectivity index (χ0n) is 11.9. The highest BCUT2D eigenvalue weighted by atomic mass is 16.2. The fourth-order valence-electron chi connectivity index (χ4n) is 1.20. The van der Waals surface area contributed by atoms with Crippen molar-refractivity contribution < 1.29 is 14.4 Å². The molecule has 6 nitrogen and oxygen atoms in total. The first-order valence-electron chi connectivity index (χ1n) is 6.12. The van der Waals surface area contributed by atoms with Gasteiger partial charge in [-0.15, -0.1) is 0 Å². The summed E-state index contributed by atoms with van der Waals surface area (Å²) in [5.74, 6) is -0.428. The van der Waals surface area contributed by atoms with Crippen LogP contribution in [0.25, 0.3) is 0 Å². The van der Waals surface area contributed by atoms with Crippen LogP contribution < -0.4 is 10.6 Å². The molecule has 106 valence electrons. The van der Waals surface area contributed by atoms with Crippen molar-refractivity contribution >= 4 is 18.1 Å². The highest BCUT2D eigenvalue weighted by Crippen LogP contribution is 2.01.